The van der Waals surface area contributed by atoms with Crippen LogP contribution in [-0.2, 0) is 6.54 Å². The highest BCUT2D eigenvalue weighted by Crippen LogP contribution is 2.28. The standard InChI is InChI=1S/C19H24N2O2S/c1-4-14(3)24-17-9-10-18(13(2)11-17)21-19(23)20-12-15-5-7-16(22)8-6-15/h5-11,14,22H,4,12H2,1-3H3,(H2,20,21,23). The van der Waals surface area contributed by atoms with Gasteiger partial charge in [-0.15, -0.1) is 11.8 Å². The Morgan fingerprint density at radius 3 is 2.54 bits per heavy atom. The number of aryl methyl sites for hydroxylation is 1. The van der Waals surface area contributed by atoms with Crippen LogP contribution in [0.1, 0.15) is 31.4 Å². The van der Waals surface area contributed by atoms with E-state index in [4.69, 9.17) is 0 Å². The van der Waals surface area contributed by atoms with Gasteiger partial charge in [-0.1, -0.05) is 26.0 Å². The number of aromatic hydroxyl groups is 1. The number of phenolic OH excluding ortho intramolecular Hbond substituents is 1. The summed E-state index contributed by atoms with van der Waals surface area (Å²) in [5.41, 5.74) is 2.79. The fourth-order valence-corrected chi connectivity index (χ4v) is 3.15. The molecule has 3 N–H and O–H groups in total. The number of phenols is 1. The fourth-order valence-electron chi connectivity index (χ4n) is 2.13. The van der Waals surface area contributed by atoms with Crippen LogP contribution in [0.3, 0.4) is 0 Å². The van der Waals surface area contributed by atoms with E-state index in [1.807, 2.05) is 30.8 Å². The quantitative estimate of drug-likeness (QED) is 0.652. The maximum atomic E-state index is 12.0. The van der Waals surface area contributed by atoms with Crippen LogP contribution in [0.25, 0.3) is 0 Å². The monoisotopic (exact) mass is 344 g/mol. The van der Waals surface area contributed by atoms with Crippen molar-refractivity contribution < 1.29 is 9.90 Å². The summed E-state index contributed by atoms with van der Waals surface area (Å²) in [6, 6.07) is 12.6. The van der Waals surface area contributed by atoms with Crippen molar-refractivity contribution in [2.45, 2.75) is 43.9 Å². The number of hydrogen-bond donors (Lipinski definition) is 3. The van der Waals surface area contributed by atoms with Gasteiger partial charge in [-0.05, 0) is 54.8 Å². The third-order valence-corrected chi connectivity index (χ3v) is 5.01. The Kier molecular flexibility index (Phi) is 6.55. The van der Waals surface area contributed by atoms with Crippen LogP contribution in [0.5, 0.6) is 5.75 Å². The lowest BCUT2D eigenvalue weighted by Gasteiger charge is -2.13. The molecule has 0 aliphatic rings. The lowest BCUT2D eigenvalue weighted by molar-refractivity contribution is 0.251. The average molecular weight is 344 g/mol. The highest BCUT2D eigenvalue weighted by atomic mass is 32.2. The molecular weight excluding hydrogens is 320 g/mol. The molecule has 2 aromatic rings. The Hall–Kier alpha value is -2.14. The Labute approximate surface area is 147 Å². The van der Waals surface area contributed by atoms with E-state index in [1.165, 1.54) is 4.90 Å². The smallest absolute Gasteiger partial charge is 0.319 e. The lowest BCUT2D eigenvalue weighted by Crippen LogP contribution is -2.28. The second kappa shape index (κ2) is 8.64. The van der Waals surface area contributed by atoms with Crippen molar-refractivity contribution in [1.82, 2.24) is 5.32 Å². The van der Waals surface area contributed by atoms with Crippen LogP contribution in [-0.4, -0.2) is 16.4 Å². The summed E-state index contributed by atoms with van der Waals surface area (Å²) in [7, 11) is 0. The highest BCUT2D eigenvalue weighted by Gasteiger charge is 2.07. The zero-order valence-corrected chi connectivity index (χ0v) is 15.1. The van der Waals surface area contributed by atoms with Gasteiger partial charge in [0.1, 0.15) is 5.75 Å². The summed E-state index contributed by atoms with van der Waals surface area (Å²) in [4.78, 5) is 13.3. The van der Waals surface area contributed by atoms with E-state index in [1.54, 1.807) is 24.3 Å². The van der Waals surface area contributed by atoms with E-state index in [2.05, 4.69) is 30.5 Å². The molecular formula is C19H24N2O2S. The molecule has 0 bridgehead atoms. The number of nitrogens with one attached hydrogen (secondary N) is 2. The molecule has 128 valence electrons. The lowest BCUT2D eigenvalue weighted by atomic mass is 10.2. The first-order valence-electron chi connectivity index (χ1n) is 8.08. The number of anilines is 1. The van der Waals surface area contributed by atoms with Crippen LogP contribution in [0.2, 0.25) is 0 Å². The Morgan fingerprint density at radius 1 is 1.21 bits per heavy atom. The Morgan fingerprint density at radius 2 is 1.92 bits per heavy atom. The Bertz CT molecular complexity index is 686. The number of thioether (sulfide) groups is 1. The average Bonchev–Trinajstić information content (AvgIpc) is 2.56. The van der Waals surface area contributed by atoms with Crippen LogP contribution < -0.4 is 10.6 Å². The maximum absolute atomic E-state index is 12.0. The molecule has 0 aromatic heterocycles. The molecule has 4 nitrogen and oxygen atoms in total. The summed E-state index contributed by atoms with van der Waals surface area (Å²) >= 11 is 1.85. The summed E-state index contributed by atoms with van der Waals surface area (Å²) in [6.45, 7) is 6.80. The zero-order chi connectivity index (χ0) is 17.5. The van der Waals surface area contributed by atoms with Crippen molar-refractivity contribution in [3.63, 3.8) is 0 Å². The van der Waals surface area contributed by atoms with Gasteiger partial charge in [0.05, 0.1) is 0 Å². The predicted octanol–water partition coefficient (Wildman–Crippen LogP) is 4.91. The zero-order valence-electron chi connectivity index (χ0n) is 14.3. The molecule has 24 heavy (non-hydrogen) atoms. The predicted molar refractivity (Wildman–Crippen MR) is 101 cm³/mol. The van der Waals surface area contributed by atoms with Crippen molar-refractivity contribution in [3.8, 4) is 5.75 Å². The minimum atomic E-state index is -0.242. The van der Waals surface area contributed by atoms with Gasteiger partial charge in [0.2, 0.25) is 0 Å². The van der Waals surface area contributed by atoms with Crippen molar-refractivity contribution in [1.29, 1.82) is 0 Å². The normalized spacial score (nSPS) is 11.8. The first-order chi connectivity index (χ1) is 11.5. The molecule has 5 heteroatoms. The van der Waals surface area contributed by atoms with Gasteiger partial charge < -0.3 is 15.7 Å². The molecule has 2 aromatic carbocycles. The first-order valence-corrected chi connectivity index (χ1v) is 8.96. The molecule has 0 fully saturated rings. The van der Waals surface area contributed by atoms with Crippen molar-refractivity contribution in [2.75, 3.05) is 5.32 Å². The van der Waals surface area contributed by atoms with E-state index >= 15 is 0 Å². The van der Waals surface area contributed by atoms with Crippen molar-refractivity contribution in [3.05, 3.63) is 53.6 Å². The van der Waals surface area contributed by atoms with Gasteiger partial charge in [-0.2, -0.15) is 0 Å². The molecule has 1 atom stereocenters. The number of carbonyl (C=O) groups is 1. The maximum Gasteiger partial charge on any atom is 0.319 e. The van der Waals surface area contributed by atoms with E-state index in [-0.39, 0.29) is 11.8 Å². The summed E-state index contributed by atoms with van der Waals surface area (Å²) in [5, 5.41) is 15.5. The van der Waals surface area contributed by atoms with Crippen molar-refractivity contribution >= 4 is 23.5 Å². The molecule has 0 saturated carbocycles. The van der Waals surface area contributed by atoms with E-state index in [0.29, 0.717) is 11.8 Å². The van der Waals surface area contributed by atoms with Gasteiger partial charge in [0.25, 0.3) is 0 Å². The molecule has 0 aliphatic carbocycles. The summed E-state index contributed by atoms with van der Waals surface area (Å²) < 4.78 is 0. The minimum Gasteiger partial charge on any atom is -0.508 e. The molecule has 0 aliphatic heterocycles. The van der Waals surface area contributed by atoms with Gasteiger partial charge in [-0.3, -0.25) is 0 Å². The van der Waals surface area contributed by atoms with Gasteiger partial charge in [0, 0.05) is 22.4 Å². The number of urea groups is 1. The number of rotatable bonds is 6. The number of hydrogen-bond acceptors (Lipinski definition) is 3. The van der Waals surface area contributed by atoms with Crippen LogP contribution in [0.4, 0.5) is 10.5 Å². The molecule has 0 saturated heterocycles. The summed E-state index contributed by atoms with van der Waals surface area (Å²) in [5.74, 6) is 0.217. The van der Waals surface area contributed by atoms with Crippen LogP contribution in [0, 0.1) is 6.92 Å². The molecule has 1 unspecified atom stereocenters. The number of amides is 2. The third-order valence-electron chi connectivity index (χ3n) is 3.75. The van der Waals surface area contributed by atoms with Crippen LogP contribution >= 0.6 is 11.8 Å². The van der Waals surface area contributed by atoms with Gasteiger partial charge >= 0.3 is 6.03 Å². The highest BCUT2D eigenvalue weighted by molar-refractivity contribution is 7.99. The second-order valence-corrected chi connectivity index (χ2v) is 7.30. The number of carbonyl (C=O) groups excluding carboxylic acids is 1. The fraction of sp³-hybridized carbons (Fsp3) is 0.316. The van der Waals surface area contributed by atoms with E-state index in [9.17, 15) is 9.90 Å². The van der Waals surface area contributed by atoms with Gasteiger partial charge in [0.15, 0.2) is 0 Å². The molecule has 2 amide bonds. The summed E-state index contributed by atoms with van der Waals surface area (Å²) in [6.07, 6.45) is 1.13. The van der Waals surface area contributed by atoms with Crippen molar-refractivity contribution in [2.24, 2.45) is 0 Å². The van der Waals surface area contributed by atoms with E-state index in [0.717, 1.165) is 23.2 Å². The first kappa shape index (κ1) is 18.2. The SMILES string of the molecule is CCC(C)Sc1ccc(NC(=O)NCc2ccc(O)cc2)c(C)c1. The largest absolute Gasteiger partial charge is 0.508 e. The second-order valence-electron chi connectivity index (χ2n) is 5.79. The topological polar surface area (TPSA) is 61.4 Å². The molecule has 0 spiro atoms. The molecule has 2 rings (SSSR count). The van der Waals surface area contributed by atoms with Gasteiger partial charge in [-0.25, -0.2) is 4.79 Å². The third kappa shape index (κ3) is 5.49. The van der Waals surface area contributed by atoms with E-state index < -0.39 is 0 Å². The Balaban J connectivity index is 1.90. The molecule has 0 heterocycles. The minimum absolute atomic E-state index is 0.217. The number of benzene rings is 2. The molecule has 0 radical (unpaired) electrons. The van der Waals surface area contributed by atoms with Crippen LogP contribution in [0.15, 0.2) is 47.4 Å².